The second-order valence-corrected chi connectivity index (χ2v) is 9.67. The molecular formula is C23H30N2O6S. The zero-order valence-electron chi connectivity index (χ0n) is 19.2. The molecule has 32 heavy (non-hydrogen) atoms. The molecule has 1 heterocycles. The maximum Gasteiger partial charge on any atom is 0.243 e. The highest BCUT2D eigenvalue weighted by Gasteiger charge is 2.31. The summed E-state index contributed by atoms with van der Waals surface area (Å²) in [6.45, 7) is 4.87. The standard InChI is InChI=1S/C23H30N2O6S/c1-16-6-7-17(2)21(12-16)32(27,28)25-10-8-24(9-11-25)22(26)15-18-13-19(29-3)23(31-5)20(14-18)30-4/h6-7,12-14H,8-11,15H2,1-5H3. The fraction of sp³-hybridized carbons (Fsp3) is 0.435. The molecule has 0 unspecified atom stereocenters. The second-order valence-electron chi connectivity index (χ2n) is 7.76. The first-order valence-electron chi connectivity index (χ1n) is 10.3. The molecule has 0 bridgehead atoms. The molecule has 0 saturated carbocycles. The van der Waals surface area contributed by atoms with Crippen LogP contribution in [-0.4, -0.2) is 71.0 Å². The molecule has 0 N–H and O–H groups in total. The van der Waals surface area contributed by atoms with Crippen LogP contribution in [-0.2, 0) is 21.2 Å². The molecule has 2 aromatic carbocycles. The summed E-state index contributed by atoms with van der Waals surface area (Å²) < 4.78 is 43.7. The minimum absolute atomic E-state index is 0.0805. The molecule has 174 valence electrons. The molecule has 1 aliphatic heterocycles. The molecule has 2 aromatic rings. The molecule has 1 fully saturated rings. The van der Waals surface area contributed by atoms with E-state index in [2.05, 4.69) is 0 Å². The zero-order valence-corrected chi connectivity index (χ0v) is 20.0. The molecule has 8 nitrogen and oxygen atoms in total. The molecule has 1 amide bonds. The number of sulfonamides is 1. The van der Waals surface area contributed by atoms with E-state index in [-0.39, 0.29) is 25.4 Å². The van der Waals surface area contributed by atoms with Gasteiger partial charge >= 0.3 is 0 Å². The third-order valence-electron chi connectivity index (χ3n) is 5.63. The van der Waals surface area contributed by atoms with Crippen LogP contribution in [0.1, 0.15) is 16.7 Å². The maximum absolute atomic E-state index is 13.1. The fourth-order valence-electron chi connectivity index (χ4n) is 3.83. The van der Waals surface area contributed by atoms with E-state index in [0.29, 0.717) is 35.2 Å². The molecule has 1 saturated heterocycles. The van der Waals surface area contributed by atoms with Crippen LogP contribution in [0, 0.1) is 13.8 Å². The molecule has 3 rings (SSSR count). The summed E-state index contributed by atoms with van der Waals surface area (Å²) in [7, 11) is 0.977. The van der Waals surface area contributed by atoms with Gasteiger partial charge in [0.15, 0.2) is 11.5 Å². The van der Waals surface area contributed by atoms with Crippen LogP contribution in [0.5, 0.6) is 17.2 Å². The quantitative estimate of drug-likeness (QED) is 0.628. The number of methoxy groups -OCH3 is 3. The lowest BCUT2D eigenvalue weighted by Crippen LogP contribution is -2.50. The Hall–Kier alpha value is -2.78. The van der Waals surface area contributed by atoms with E-state index >= 15 is 0 Å². The molecule has 0 radical (unpaired) electrons. The van der Waals surface area contributed by atoms with Crippen molar-refractivity contribution in [1.29, 1.82) is 0 Å². The van der Waals surface area contributed by atoms with Gasteiger partial charge in [-0.2, -0.15) is 4.31 Å². The number of aryl methyl sites for hydroxylation is 2. The molecule has 0 spiro atoms. The largest absolute Gasteiger partial charge is 0.493 e. The van der Waals surface area contributed by atoms with Crippen molar-refractivity contribution in [3.63, 3.8) is 0 Å². The first-order valence-corrected chi connectivity index (χ1v) is 11.8. The van der Waals surface area contributed by atoms with Crippen molar-refractivity contribution in [3.8, 4) is 17.2 Å². The van der Waals surface area contributed by atoms with E-state index in [9.17, 15) is 13.2 Å². The Morgan fingerprint density at radius 3 is 2.03 bits per heavy atom. The highest BCUT2D eigenvalue weighted by molar-refractivity contribution is 7.89. The zero-order chi connectivity index (χ0) is 23.5. The van der Waals surface area contributed by atoms with Gasteiger partial charge in [-0.05, 0) is 48.7 Å². The highest BCUT2D eigenvalue weighted by atomic mass is 32.2. The number of ether oxygens (including phenoxy) is 3. The Morgan fingerprint density at radius 2 is 1.50 bits per heavy atom. The van der Waals surface area contributed by atoms with Crippen LogP contribution in [0.15, 0.2) is 35.2 Å². The first-order chi connectivity index (χ1) is 15.2. The van der Waals surface area contributed by atoms with Crippen molar-refractivity contribution >= 4 is 15.9 Å². The molecule has 0 aliphatic carbocycles. The summed E-state index contributed by atoms with van der Waals surface area (Å²) in [5, 5.41) is 0. The van der Waals surface area contributed by atoms with Gasteiger partial charge in [-0.15, -0.1) is 0 Å². The number of benzene rings is 2. The number of hydrogen-bond acceptors (Lipinski definition) is 6. The van der Waals surface area contributed by atoms with Gasteiger partial charge in [0, 0.05) is 26.2 Å². The van der Waals surface area contributed by atoms with Gasteiger partial charge in [0.2, 0.25) is 21.7 Å². The highest BCUT2D eigenvalue weighted by Crippen LogP contribution is 2.38. The van der Waals surface area contributed by atoms with E-state index < -0.39 is 10.0 Å². The van der Waals surface area contributed by atoms with Crippen LogP contribution in [0.4, 0.5) is 0 Å². The summed E-state index contributed by atoms with van der Waals surface area (Å²) in [5.74, 6) is 1.36. The van der Waals surface area contributed by atoms with Crippen molar-refractivity contribution in [2.75, 3.05) is 47.5 Å². The van der Waals surface area contributed by atoms with E-state index in [1.54, 1.807) is 30.0 Å². The summed E-state index contributed by atoms with van der Waals surface area (Å²) in [4.78, 5) is 14.9. The van der Waals surface area contributed by atoms with Crippen molar-refractivity contribution in [1.82, 2.24) is 9.21 Å². The third-order valence-corrected chi connectivity index (χ3v) is 7.67. The average Bonchev–Trinajstić information content (AvgIpc) is 2.79. The second kappa shape index (κ2) is 9.79. The monoisotopic (exact) mass is 462 g/mol. The lowest BCUT2D eigenvalue weighted by molar-refractivity contribution is -0.131. The van der Waals surface area contributed by atoms with E-state index in [0.717, 1.165) is 16.7 Å². The topological polar surface area (TPSA) is 85.4 Å². The average molecular weight is 463 g/mol. The van der Waals surface area contributed by atoms with Crippen LogP contribution >= 0.6 is 0 Å². The van der Waals surface area contributed by atoms with E-state index in [1.165, 1.54) is 25.6 Å². The Labute approximate surface area is 189 Å². The predicted molar refractivity (Wildman–Crippen MR) is 121 cm³/mol. The van der Waals surface area contributed by atoms with Crippen molar-refractivity contribution in [2.45, 2.75) is 25.2 Å². The van der Waals surface area contributed by atoms with E-state index in [4.69, 9.17) is 14.2 Å². The number of carbonyl (C=O) groups excluding carboxylic acids is 1. The van der Waals surface area contributed by atoms with Gasteiger partial charge in [-0.25, -0.2) is 8.42 Å². The molecule has 0 atom stereocenters. The van der Waals surface area contributed by atoms with Gasteiger partial charge in [0.1, 0.15) is 0 Å². The number of carbonyl (C=O) groups is 1. The predicted octanol–water partition coefficient (Wildman–Crippen LogP) is 2.40. The summed E-state index contributed by atoms with van der Waals surface area (Å²) in [6, 6.07) is 8.92. The third kappa shape index (κ3) is 4.83. The number of hydrogen-bond donors (Lipinski definition) is 0. The molecule has 0 aromatic heterocycles. The molecular weight excluding hydrogens is 432 g/mol. The summed E-state index contributed by atoms with van der Waals surface area (Å²) in [6.07, 6.45) is 0.153. The lowest BCUT2D eigenvalue weighted by atomic mass is 10.1. The van der Waals surface area contributed by atoms with E-state index in [1.807, 2.05) is 19.1 Å². The molecule has 9 heteroatoms. The number of nitrogens with zero attached hydrogens (tertiary/aromatic N) is 2. The maximum atomic E-state index is 13.1. The number of amides is 1. The van der Waals surface area contributed by atoms with Crippen LogP contribution in [0.25, 0.3) is 0 Å². The lowest BCUT2D eigenvalue weighted by Gasteiger charge is -2.34. The number of piperazine rings is 1. The summed E-state index contributed by atoms with van der Waals surface area (Å²) in [5.41, 5.74) is 2.35. The Bertz CT molecular complexity index is 1070. The molecule has 1 aliphatic rings. The van der Waals surface area contributed by atoms with Crippen molar-refractivity contribution in [2.24, 2.45) is 0 Å². The van der Waals surface area contributed by atoms with Crippen LogP contribution in [0.3, 0.4) is 0 Å². The van der Waals surface area contributed by atoms with Crippen molar-refractivity contribution < 1.29 is 27.4 Å². The Balaban J connectivity index is 1.69. The SMILES string of the molecule is COc1cc(CC(=O)N2CCN(S(=O)(=O)c3cc(C)ccc3C)CC2)cc(OC)c1OC. The fourth-order valence-corrected chi connectivity index (χ4v) is 5.56. The van der Waals surface area contributed by atoms with Gasteiger partial charge in [-0.1, -0.05) is 12.1 Å². The van der Waals surface area contributed by atoms with Gasteiger partial charge in [0.05, 0.1) is 32.6 Å². The van der Waals surface area contributed by atoms with Crippen LogP contribution < -0.4 is 14.2 Å². The van der Waals surface area contributed by atoms with Gasteiger partial charge < -0.3 is 19.1 Å². The van der Waals surface area contributed by atoms with Crippen molar-refractivity contribution in [3.05, 3.63) is 47.0 Å². The first kappa shape index (κ1) is 23.9. The smallest absolute Gasteiger partial charge is 0.243 e. The Kier molecular flexibility index (Phi) is 7.30. The normalized spacial score (nSPS) is 14.8. The minimum Gasteiger partial charge on any atom is -0.493 e. The minimum atomic E-state index is -3.60. The summed E-state index contributed by atoms with van der Waals surface area (Å²) >= 11 is 0. The Morgan fingerprint density at radius 1 is 0.906 bits per heavy atom. The van der Waals surface area contributed by atoms with Gasteiger partial charge in [0.25, 0.3) is 0 Å². The van der Waals surface area contributed by atoms with Gasteiger partial charge in [-0.3, -0.25) is 4.79 Å². The van der Waals surface area contributed by atoms with Crippen LogP contribution in [0.2, 0.25) is 0 Å². The number of rotatable bonds is 7.